The van der Waals surface area contributed by atoms with Crippen LogP contribution in [0.25, 0.3) is 11.1 Å². The third-order valence-electron chi connectivity index (χ3n) is 5.46. The number of aliphatic carboxylic acids is 1. The molecule has 0 saturated heterocycles. The molecule has 0 radical (unpaired) electrons. The quantitative estimate of drug-likeness (QED) is 0.665. The van der Waals surface area contributed by atoms with E-state index in [9.17, 15) is 14.7 Å². The molecular weight excluding hydrogens is 380 g/mol. The third kappa shape index (κ3) is 3.64. The molecule has 1 heterocycles. The molecule has 0 aliphatic heterocycles. The largest absolute Gasteiger partial charge is 0.481 e. The molecule has 0 bridgehead atoms. The number of amides is 1. The summed E-state index contributed by atoms with van der Waals surface area (Å²) < 4.78 is 5.13. The zero-order valence-electron chi connectivity index (χ0n) is 16.6. The number of ether oxygens (including phenoxy) is 1. The molecule has 30 heavy (non-hydrogen) atoms. The lowest BCUT2D eigenvalue weighted by Gasteiger charge is -2.36. The van der Waals surface area contributed by atoms with Crippen molar-refractivity contribution in [1.29, 1.82) is 0 Å². The van der Waals surface area contributed by atoms with Crippen molar-refractivity contribution in [2.45, 2.75) is 24.9 Å². The van der Waals surface area contributed by atoms with Crippen molar-refractivity contribution in [3.8, 4) is 11.1 Å². The highest BCUT2D eigenvalue weighted by atomic mass is 16.5. The maximum Gasteiger partial charge on any atom is 0.410 e. The fourth-order valence-electron chi connectivity index (χ4n) is 4.26. The van der Waals surface area contributed by atoms with Crippen molar-refractivity contribution in [1.82, 2.24) is 9.88 Å². The van der Waals surface area contributed by atoms with Crippen LogP contribution in [0, 0.1) is 0 Å². The maximum atomic E-state index is 13.0. The van der Waals surface area contributed by atoms with Crippen LogP contribution in [0.15, 0.2) is 73.1 Å². The van der Waals surface area contributed by atoms with Gasteiger partial charge in [-0.05, 0) is 40.3 Å². The first-order valence-electron chi connectivity index (χ1n) is 9.75. The Morgan fingerprint density at radius 1 is 1.03 bits per heavy atom. The van der Waals surface area contributed by atoms with Crippen LogP contribution in [0.1, 0.15) is 29.2 Å². The first-order valence-corrected chi connectivity index (χ1v) is 9.75. The molecule has 4 rings (SSSR count). The van der Waals surface area contributed by atoms with Gasteiger partial charge >= 0.3 is 12.1 Å². The van der Waals surface area contributed by atoms with E-state index in [1.807, 2.05) is 54.6 Å². The summed E-state index contributed by atoms with van der Waals surface area (Å²) in [5.41, 5.74) is 4.87. The average molecular weight is 402 g/mol. The van der Waals surface area contributed by atoms with Gasteiger partial charge in [-0.3, -0.25) is 14.7 Å². The van der Waals surface area contributed by atoms with E-state index in [4.69, 9.17) is 4.74 Å². The molecule has 6 heteroatoms. The third-order valence-corrected chi connectivity index (χ3v) is 5.46. The molecule has 1 N–H and O–H groups in total. The van der Waals surface area contributed by atoms with Gasteiger partial charge in [0.25, 0.3) is 0 Å². The molecule has 2 aromatic carbocycles. The molecule has 1 aliphatic rings. The second-order valence-corrected chi connectivity index (χ2v) is 7.27. The zero-order chi connectivity index (χ0) is 21.1. The molecule has 1 amide bonds. The fraction of sp³-hybridized carbons (Fsp3) is 0.208. The number of hydrogen-bond donors (Lipinski definition) is 1. The van der Waals surface area contributed by atoms with Gasteiger partial charge in [0.2, 0.25) is 0 Å². The summed E-state index contributed by atoms with van der Waals surface area (Å²) in [6, 6.07) is 18.5. The van der Waals surface area contributed by atoms with Crippen molar-refractivity contribution >= 4 is 12.1 Å². The Morgan fingerprint density at radius 2 is 1.67 bits per heavy atom. The molecule has 1 aromatic heterocycles. The molecule has 1 atom stereocenters. The van der Waals surface area contributed by atoms with Gasteiger partial charge in [0, 0.05) is 12.4 Å². The predicted molar refractivity (Wildman–Crippen MR) is 112 cm³/mol. The highest BCUT2D eigenvalue weighted by Gasteiger charge is 2.40. The van der Waals surface area contributed by atoms with Gasteiger partial charge in [-0.1, -0.05) is 54.6 Å². The molecule has 6 nitrogen and oxygen atoms in total. The highest BCUT2D eigenvalue weighted by molar-refractivity contribution is 5.81. The van der Waals surface area contributed by atoms with Crippen LogP contribution in [0.3, 0.4) is 0 Å². The van der Waals surface area contributed by atoms with Gasteiger partial charge < -0.3 is 9.84 Å². The normalized spacial score (nSPS) is 13.2. The Labute approximate surface area is 174 Å². The number of hydrogen-bond acceptors (Lipinski definition) is 4. The Kier molecular flexibility index (Phi) is 5.48. The molecule has 0 saturated carbocycles. The Hall–Kier alpha value is -3.67. The summed E-state index contributed by atoms with van der Waals surface area (Å²) in [5.74, 6) is -0.975. The Bertz CT molecular complexity index is 1020. The smallest absolute Gasteiger partial charge is 0.410 e. The summed E-state index contributed by atoms with van der Waals surface area (Å²) in [6.45, 7) is 0. The summed E-state index contributed by atoms with van der Waals surface area (Å²) in [5, 5.41) is 9.60. The lowest BCUT2D eigenvalue weighted by molar-refractivity contribution is -0.138. The SMILES string of the molecule is COC(=O)N(C(CC(=O)O)Cc1cccnc1)C1c2ccccc2-c2ccccc21. The van der Waals surface area contributed by atoms with Gasteiger partial charge in [0.1, 0.15) is 0 Å². The first-order chi connectivity index (χ1) is 14.6. The molecule has 0 spiro atoms. The second-order valence-electron chi connectivity index (χ2n) is 7.27. The minimum Gasteiger partial charge on any atom is -0.481 e. The Balaban J connectivity index is 1.83. The van der Waals surface area contributed by atoms with E-state index < -0.39 is 24.1 Å². The second kappa shape index (κ2) is 8.37. The zero-order valence-corrected chi connectivity index (χ0v) is 16.6. The van der Waals surface area contributed by atoms with Crippen molar-refractivity contribution < 1.29 is 19.4 Å². The predicted octanol–water partition coefficient (Wildman–Crippen LogP) is 4.31. The van der Waals surface area contributed by atoms with Gasteiger partial charge in [-0.15, -0.1) is 0 Å². The molecule has 0 fully saturated rings. The van der Waals surface area contributed by atoms with E-state index in [1.165, 1.54) is 7.11 Å². The highest BCUT2D eigenvalue weighted by Crippen LogP contribution is 2.47. The van der Waals surface area contributed by atoms with Crippen LogP contribution < -0.4 is 0 Å². The Morgan fingerprint density at radius 3 is 2.20 bits per heavy atom. The number of aromatic nitrogens is 1. The van der Waals surface area contributed by atoms with Crippen LogP contribution in [0.5, 0.6) is 0 Å². The van der Waals surface area contributed by atoms with Crippen molar-refractivity contribution in [2.75, 3.05) is 7.11 Å². The first kappa shape index (κ1) is 19.6. The van der Waals surface area contributed by atoms with Crippen LogP contribution in [0.2, 0.25) is 0 Å². The van der Waals surface area contributed by atoms with Crippen molar-refractivity contribution in [2.24, 2.45) is 0 Å². The standard InChI is InChI=1S/C24H22N2O4/c1-30-24(29)26(17(14-22(27)28)13-16-7-6-12-25-15-16)23-20-10-4-2-8-18(20)19-9-3-5-11-21(19)23/h2-12,15,17,23H,13-14H2,1H3,(H,27,28). The van der Waals surface area contributed by atoms with Crippen molar-refractivity contribution in [3.05, 3.63) is 89.7 Å². The monoisotopic (exact) mass is 402 g/mol. The summed E-state index contributed by atoms with van der Waals surface area (Å²) in [7, 11) is 1.32. The van der Waals surface area contributed by atoms with Gasteiger partial charge in [0.15, 0.2) is 0 Å². The molecule has 1 unspecified atom stereocenters. The molecule has 1 aliphatic carbocycles. The van der Waals surface area contributed by atoms with Crippen LogP contribution >= 0.6 is 0 Å². The van der Waals surface area contributed by atoms with E-state index in [0.717, 1.165) is 27.8 Å². The van der Waals surface area contributed by atoms with Gasteiger partial charge in [-0.25, -0.2) is 4.79 Å². The summed E-state index contributed by atoms with van der Waals surface area (Å²) in [4.78, 5) is 30.5. The van der Waals surface area contributed by atoms with Crippen LogP contribution in [-0.2, 0) is 16.0 Å². The lowest BCUT2D eigenvalue weighted by Crippen LogP contribution is -2.45. The number of pyridine rings is 1. The lowest BCUT2D eigenvalue weighted by atomic mass is 9.97. The van der Waals surface area contributed by atoms with E-state index in [-0.39, 0.29) is 6.42 Å². The number of rotatable bonds is 6. The number of carbonyl (C=O) groups is 2. The molecule has 152 valence electrons. The summed E-state index contributed by atoms with van der Waals surface area (Å²) >= 11 is 0. The average Bonchev–Trinajstić information content (AvgIpc) is 3.09. The number of carbonyl (C=O) groups excluding carboxylic acids is 1. The molecular formula is C24H22N2O4. The fourth-order valence-corrected chi connectivity index (χ4v) is 4.26. The minimum atomic E-state index is -0.975. The number of carboxylic acid groups (broad SMARTS) is 1. The van der Waals surface area contributed by atoms with E-state index in [2.05, 4.69) is 4.98 Å². The van der Waals surface area contributed by atoms with E-state index in [1.54, 1.807) is 23.4 Å². The van der Waals surface area contributed by atoms with Gasteiger partial charge in [-0.2, -0.15) is 0 Å². The number of nitrogens with zero attached hydrogens (tertiary/aromatic N) is 2. The van der Waals surface area contributed by atoms with Crippen molar-refractivity contribution in [3.63, 3.8) is 0 Å². The van der Waals surface area contributed by atoms with Crippen LogP contribution in [-0.4, -0.2) is 40.2 Å². The number of fused-ring (bicyclic) bond motifs is 3. The van der Waals surface area contributed by atoms with Crippen LogP contribution in [0.4, 0.5) is 4.79 Å². The minimum absolute atomic E-state index is 0.204. The van der Waals surface area contributed by atoms with Gasteiger partial charge in [0.05, 0.1) is 25.6 Å². The topological polar surface area (TPSA) is 79.7 Å². The van der Waals surface area contributed by atoms with E-state index >= 15 is 0 Å². The maximum absolute atomic E-state index is 13.0. The number of methoxy groups -OCH3 is 1. The number of carboxylic acids is 1. The molecule has 3 aromatic rings. The number of benzene rings is 2. The summed E-state index contributed by atoms with van der Waals surface area (Å²) in [6.07, 6.45) is 2.96. The van der Waals surface area contributed by atoms with E-state index in [0.29, 0.717) is 6.42 Å².